The smallest absolute Gasteiger partial charge is 0.123 e. The highest BCUT2D eigenvalue weighted by Crippen LogP contribution is 2.22. The van der Waals surface area contributed by atoms with Gasteiger partial charge in [0.15, 0.2) is 0 Å². The van der Waals surface area contributed by atoms with Crippen LogP contribution in [0.3, 0.4) is 0 Å². The SMILES string of the molecule is C=CC(C)(CCC=C(C)C)OC=C[C@@](C)(O)CCC=C(C)C. The molecule has 22 heavy (non-hydrogen) atoms. The highest BCUT2D eigenvalue weighted by Gasteiger charge is 2.21. The molecule has 0 aromatic heterocycles. The molecule has 0 aliphatic carbocycles. The quantitative estimate of drug-likeness (QED) is 0.414. The van der Waals surface area contributed by atoms with E-state index in [2.05, 4.69) is 46.4 Å². The second-order valence-corrected chi connectivity index (χ2v) is 6.93. The Morgan fingerprint density at radius 1 is 1.00 bits per heavy atom. The molecule has 0 amide bonds. The Morgan fingerprint density at radius 3 is 1.95 bits per heavy atom. The van der Waals surface area contributed by atoms with E-state index in [9.17, 15) is 5.11 Å². The van der Waals surface area contributed by atoms with E-state index in [4.69, 9.17) is 4.74 Å². The summed E-state index contributed by atoms with van der Waals surface area (Å²) < 4.78 is 5.82. The van der Waals surface area contributed by atoms with E-state index < -0.39 is 11.2 Å². The number of hydrogen-bond acceptors (Lipinski definition) is 2. The maximum atomic E-state index is 10.3. The number of aliphatic hydroxyl groups is 1. The summed E-state index contributed by atoms with van der Waals surface area (Å²) in [5.41, 5.74) is 1.32. The number of allylic oxidation sites excluding steroid dienone is 4. The molecule has 0 rings (SSSR count). The molecule has 0 fully saturated rings. The summed E-state index contributed by atoms with van der Waals surface area (Å²) in [6.45, 7) is 16.0. The van der Waals surface area contributed by atoms with Crippen LogP contribution >= 0.6 is 0 Å². The Balaban J connectivity index is 4.48. The Bertz CT molecular complexity index is 419. The third-order valence-corrected chi connectivity index (χ3v) is 3.59. The zero-order valence-corrected chi connectivity index (χ0v) is 15.3. The molecule has 0 radical (unpaired) electrons. The van der Waals surface area contributed by atoms with Gasteiger partial charge in [-0.25, -0.2) is 0 Å². The van der Waals surface area contributed by atoms with Crippen LogP contribution in [0.1, 0.15) is 67.2 Å². The monoisotopic (exact) mass is 306 g/mol. The molecule has 2 nitrogen and oxygen atoms in total. The Labute approximate surface area is 137 Å². The first-order valence-electron chi connectivity index (χ1n) is 8.08. The molecule has 2 atom stereocenters. The largest absolute Gasteiger partial charge is 0.491 e. The van der Waals surface area contributed by atoms with Crippen LogP contribution in [0.25, 0.3) is 0 Å². The topological polar surface area (TPSA) is 29.5 Å². The van der Waals surface area contributed by atoms with E-state index in [0.29, 0.717) is 6.42 Å². The molecule has 0 saturated carbocycles. The molecule has 0 aliphatic heterocycles. The van der Waals surface area contributed by atoms with Gasteiger partial charge in [0.25, 0.3) is 0 Å². The van der Waals surface area contributed by atoms with E-state index in [-0.39, 0.29) is 0 Å². The summed E-state index contributed by atoms with van der Waals surface area (Å²) >= 11 is 0. The zero-order valence-electron chi connectivity index (χ0n) is 15.3. The molecule has 0 bridgehead atoms. The van der Waals surface area contributed by atoms with Crippen LogP contribution in [0.4, 0.5) is 0 Å². The predicted octanol–water partition coefficient (Wildman–Crippen LogP) is 5.71. The normalized spacial score (nSPS) is 16.5. The summed E-state index contributed by atoms with van der Waals surface area (Å²) in [6.07, 6.45) is 12.9. The van der Waals surface area contributed by atoms with Crippen molar-refractivity contribution in [3.8, 4) is 0 Å². The number of rotatable bonds is 10. The summed E-state index contributed by atoms with van der Waals surface area (Å²) in [4.78, 5) is 0. The third-order valence-electron chi connectivity index (χ3n) is 3.59. The first-order chi connectivity index (χ1) is 10.1. The van der Waals surface area contributed by atoms with Crippen LogP contribution in [-0.2, 0) is 4.74 Å². The number of ether oxygens (including phenoxy) is 1. The maximum absolute atomic E-state index is 10.3. The van der Waals surface area contributed by atoms with Gasteiger partial charge in [0.05, 0.1) is 11.9 Å². The van der Waals surface area contributed by atoms with Gasteiger partial charge < -0.3 is 9.84 Å². The molecule has 2 heteroatoms. The predicted molar refractivity (Wildman–Crippen MR) is 96.8 cm³/mol. The van der Waals surface area contributed by atoms with Crippen molar-refractivity contribution in [2.75, 3.05) is 0 Å². The van der Waals surface area contributed by atoms with Crippen molar-refractivity contribution >= 4 is 0 Å². The fourth-order valence-electron chi connectivity index (χ4n) is 1.93. The van der Waals surface area contributed by atoms with Crippen LogP contribution in [0.2, 0.25) is 0 Å². The Morgan fingerprint density at radius 2 is 1.50 bits per heavy atom. The highest BCUT2D eigenvalue weighted by molar-refractivity contribution is 5.03. The van der Waals surface area contributed by atoms with Crippen molar-refractivity contribution in [3.05, 3.63) is 48.3 Å². The van der Waals surface area contributed by atoms with E-state index in [1.165, 1.54) is 11.1 Å². The molecular weight excluding hydrogens is 272 g/mol. The van der Waals surface area contributed by atoms with Crippen LogP contribution < -0.4 is 0 Å². The lowest BCUT2D eigenvalue weighted by atomic mass is 9.98. The van der Waals surface area contributed by atoms with E-state index in [1.807, 2.05) is 13.0 Å². The molecule has 0 aliphatic rings. The van der Waals surface area contributed by atoms with Crippen molar-refractivity contribution < 1.29 is 9.84 Å². The van der Waals surface area contributed by atoms with Crippen LogP contribution in [0.5, 0.6) is 0 Å². The van der Waals surface area contributed by atoms with Gasteiger partial charge in [0.1, 0.15) is 5.60 Å². The molecule has 0 spiro atoms. The van der Waals surface area contributed by atoms with Crippen molar-refractivity contribution in [1.29, 1.82) is 0 Å². The maximum Gasteiger partial charge on any atom is 0.123 e. The van der Waals surface area contributed by atoms with Gasteiger partial charge in [-0.3, -0.25) is 0 Å². The fourth-order valence-corrected chi connectivity index (χ4v) is 1.93. The average Bonchev–Trinajstić information content (AvgIpc) is 2.37. The summed E-state index contributed by atoms with van der Waals surface area (Å²) in [6, 6.07) is 0. The molecule has 0 saturated heterocycles. The van der Waals surface area contributed by atoms with Crippen molar-refractivity contribution in [2.45, 2.75) is 78.4 Å². The minimum atomic E-state index is -0.853. The molecule has 0 aromatic rings. The molecule has 1 unspecified atom stereocenters. The first-order valence-corrected chi connectivity index (χ1v) is 8.08. The van der Waals surface area contributed by atoms with Crippen LogP contribution in [0.15, 0.2) is 48.3 Å². The molecule has 1 N–H and O–H groups in total. The molecule has 0 heterocycles. The van der Waals surface area contributed by atoms with E-state index in [0.717, 1.165) is 19.3 Å². The van der Waals surface area contributed by atoms with Gasteiger partial charge >= 0.3 is 0 Å². The molecular formula is C20H34O2. The van der Waals surface area contributed by atoms with Crippen molar-refractivity contribution in [3.63, 3.8) is 0 Å². The van der Waals surface area contributed by atoms with Crippen LogP contribution in [0, 0.1) is 0 Å². The third kappa shape index (κ3) is 10.4. The van der Waals surface area contributed by atoms with Crippen LogP contribution in [-0.4, -0.2) is 16.3 Å². The summed E-state index contributed by atoms with van der Waals surface area (Å²) in [7, 11) is 0. The lowest BCUT2D eigenvalue weighted by Gasteiger charge is -2.26. The van der Waals surface area contributed by atoms with E-state index in [1.54, 1.807) is 19.3 Å². The van der Waals surface area contributed by atoms with Gasteiger partial charge in [0, 0.05) is 0 Å². The van der Waals surface area contributed by atoms with Gasteiger partial charge in [0.2, 0.25) is 0 Å². The molecule has 0 aromatic carbocycles. The minimum absolute atomic E-state index is 0.404. The first kappa shape index (κ1) is 20.7. The van der Waals surface area contributed by atoms with Crippen molar-refractivity contribution in [1.82, 2.24) is 0 Å². The Kier molecular flexibility index (Phi) is 9.12. The standard InChI is InChI=1S/C20H34O2/c1-8-20(7,14-10-12-18(4)5)22-16-15-19(6,21)13-9-11-17(2)3/h8,11-12,15-16,21H,1,9-10,13-14H2,2-7H3/t19-,20?/m0/s1. The minimum Gasteiger partial charge on any atom is -0.491 e. The second-order valence-electron chi connectivity index (χ2n) is 6.93. The van der Waals surface area contributed by atoms with Crippen molar-refractivity contribution in [2.24, 2.45) is 0 Å². The Hall–Kier alpha value is -1.28. The lowest BCUT2D eigenvalue weighted by Crippen LogP contribution is -2.25. The second kappa shape index (κ2) is 9.68. The summed E-state index contributed by atoms with van der Waals surface area (Å²) in [5, 5.41) is 10.3. The molecule has 126 valence electrons. The van der Waals surface area contributed by atoms with E-state index >= 15 is 0 Å². The van der Waals surface area contributed by atoms with Gasteiger partial charge in [-0.15, -0.1) is 0 Å². The average molecular weight is 306 g/mol. The highest BCUT2D eigenvalue weighted by atomic mass is 16.5. The fraction of sp³-hybridized carbons (Fsp3) is 0.600. The lowest BCUT2D eigenvalue weighted by molar-refractivity contribution is 0.0646. The van der Waals surface area contributed by atoms with Gasteiger partial charge in [-0.05, 0) is 79.4 Å². The summed E-state index contributed by atoms with van der Waals surface area (Å²) in [5.74, 6) is 0. The van der Waals surface area contributed by atoms with Gasteiger partial charge in [-0.2, -0.15) is 0 Å². The zero-order chi connectivity index (χ0) is 17.2. The van der Waals surface area contributed by atoms with Gasteiger partial charge in [-0.1, -0.05) is 29.9 Å². The number of hydrogen-bond donors (Lipinski definition) is 1.